The SMILES string of the molecule is Cc1nc2ccccc2c(=O)n1/N=C(/N=Nc1ccccc1Cl)c1ccccc1Cl. The maximum atomic E-state index is 13.0. The van der Waals surface area contributed by atoms with Gasteiger partial charge < -0.3 is 0 Å². The van der Waals surface area contributed by atoms with Crippen LogP contribution in [0.3, 0.4) is 0 Å². The van der Waals surface area contributed by atoms with Gasteiger partial charge in [-0.2, -0.15) is 4.68 Å². The van der Waals surface area contributed by atoms with Gasteiger partial charge >= 0.3 is 0 Å². The number of hydrogen-bond donors (Lipinski definition) is 0. The molecule has 1 aromatic heterocycles. The molecule has 0 atom stereocenters. The lowest BCUT2D eigenvalue weighted by Gasteiger charge is -2.08. The van der Waals surface area contributed by atoms with Gasteiger partial charge in [-0.3, -0.25) is 4.79 Å². The molecule has 0 N–H and O–H groups in total. The molecular formula is C22H15Cl2N5O. The second kappa shape index (κ2) is 8.57. The highest BCUT2D eigenvalue weighted by atomic mass is 35.5. The molecule has 6 nitrogen and oxygen atoms in total. The minimum absolute atomic E-state index is 0.155. The van der Waals surface area contributed by atoms with E-state index < -0.39 is 0 Å². The predicted octanol–water partition coefficient (Wildman–Crippen LogP) is 6.01. The van der Waals surface area contributed by atoms with E-state index in [9.17, 15) is 4.79 Å². The zero-order valence-corrected chi connectivity index (χ0v) is 17.3. The molecule has 0 aliphatic heterocycles. The highest BCUT2D eigenvalue weighted by molar-refractivity contribution is 6.34. The molecule has 0 aliphatic rings. The van der Waals surface area contributed by atoms with E-state index in [2.05, 4.69) is 20.3 Å². The molecule has 0 saturated carbocycles. The van der Waals surface area contributed by atoms with E-state index in [0.717, 1.165) is 0 Å². The molecule has 4 aromatic rings. The van der Waals surface area contributed by atoms with Gasteiger partial charge in [0, 0.05) is 5.56 Å². The average molecular weight is 436 g/mol. The molecule has 0 amide bonds. The monoisotopic (exact) mass is 435 g/mol. The Labute approximate surface area is 182 Å². The molecule has 3 aromatic carbocycles. The summed E-state index contributed by atoms with van der Waals surface area (Å²) in [6.07, 6.45) is 0. The highest BCUT2D eigenvalue weighted by Gasteiger charge is 2.12. The molecule has 0 spiro atoms. The van der Waals surface area contributed by atoms with Crippen LogP contribution in [0.2, 0.25) is 10.0 Å². The van der Waals surface area contributed by atoms with Crippen LogP contribution in [-0.4, -0.2) is 15.5 Å². The molecule has 148 valence electrons. The number of hydrogen-bond acceptors (Lipinski definition) is 4. The highest BCUT2D eigenvalue weighted by Crippen LogP contribution is 2.25. The van der Waals surface area contributed by atoms with Crippen molar-refractivity contribution < 1.29 is 0 Å². The summed E-state index contributed by atoms with van der Waals surface area (Å²) < 4.78 is 1.20. The first-order chi connectivity index (χ1) is 14.5. The number of benzene rings is 3. The molecule has 0 radical (unpaired) electrons. The minimum atomic E-state index is -0.310. The summed E-state index contributed by atoms with van der Waals surface area (Å²) in [4.78, 5) is 17.5. The fraction of sp³-hybridized carbons (Fsp3) is 0.0455. The molecule has 0 aliphatic carbocycles. The van der Waals surface area contributed by atoms with E-state index in [0.29, 0.717) is 38.0 Å². The normalized spacial score (nSPS) is 12.0. The van der Waals surface area contributed by atoms with Crippen molar-refractivity contribution in [3.05, 3.63) is 105 Å². The van der Waals surface area contributed by atoms with Crippen LogP contribution in [0.4, 0.5) is 5.69 Å². The summed E-state index contributed by atoms with van der Waals surface area (Å²) in [5.41, 5.74) is 1.29. The lowest BCUT2D eigenvalue weighted by molar-refractivity contribution is 0.764. The molecule has 8 heteroatoms. The number of azo groups is 1. The van der Waals surface area contributed by atoms with E-state index in [1.54, 1.807) is 73.7 Å². The van der Waals surface area contributed by atoms with Gasteiger partial charge in [-0.05, 0) is 43.3 Å². The van der Waals surface area contributed by atoms with E-state index in [-0.39, 0.29) is 11.4 Å². The molecule has 0 unspecified atom stereocenters. The summed E-state index contributed by atoms with van der Waals surface area (Å²) in [5.74, 6) is 0.569. The van der Waals surface area contributed by atoms with E-state index in [1.807, 2.05) is 6.07 Å². The van der Waals surface area contributed by atoms with Crippen LogP contribution in [0.5, 0.6) is 0 Å². The van der Waals surface area contributed by atoms with Crippen molar-refractivity contribution in [1.82, 2.24) is 9.66 Å². The van der Waals surface area contributed by atoms with Gasteiger partial charge in [0.1, 0.15) is 11.5 Å². The Hall–Kier alpha value is -3.35. The van der Waals surface area contributed by atoms with Gasteiger partial charge in [0.15, 0.2) is 0 Å². The number of amidine groups is 1. The van der Waals surface area contributed by atoms with Crippen LogP contribution < -0.4 is 5.56 Å². The third-order valence-electron chi connectivity index (χ3n) is 4.33. The van der Waals surface area contributed by atoms with Crippen molar-refractivity contribution in [1.29, 1.82) is 0 Å². The van der Waals surface area contributed by atoms with Crippen LogP contribution in [0.15, 0.2) is 92.9 Å². The molecular weight excluding hydrogens is 421 g/mol. The average Bonchev–Trinajstić information content (AvgIpc) is 2.75. The number of aryl methyl sites for hydroxylation is 1. The number of para-hydroxylation sites is 1. The van der Waals surface area contributed by atoms with Gasteiger partial charge in [0.25, 0.3) is 5.56 Å². The number of fused-ring (bicyclic) bond motifs is 1. The lowest BCUT2D eigenvalue weighted by Crippen LogP contribution is -2.22. The Bertz CT molecular complexity index is 1360. The summed E-state index contributed by atoms with van der Waals surface area (Å²) in [7, 11) is 0. The molecule has 30 heavy (non-hydrogen) atoms. The Morgan fingerprint density at radius 1 is 0.900 bits per heavy atom. The fourth-order valence-electron chi connectivity index (χ4n) is 2.85. The minimum Gasteiger partial charge on any atom is -0.267 e. The van der Waals surface area contributed by atoms with Crippen LogP contribution in [0.1, 0.15) is 11.4 Å². The topological polar surface area (TPSA) is 72.0 Å². The van der Waals surface area contributed by atoms with Crippen LogP contribution in [0.25, 0.3) is 10.9 Å². The number of halogens is 2. The maximum Gasteiger partial charge on any atom is 0.282 e. The van der Waals surface area contributed by atoms with Gasteiger partial charge in [0.2, 0.25) is 5.84 Å². The summed E-state index contributed by atoms with van der Waals surface area (Å²) >= 11 is 12.5. The third-order valence-corrected chi connectivity index (χ3v) is 4.98. The first-order valence-electron chi connectivity index (χ1n) is 9.03. The van der Waals surface area contributed by atoms with Crippen molar-refractivity contribution in [3.63, 3.8) is 0 Å². The first kappa shape index (κ1) is 19.9. The van der Waals surface area contributed by atoms with Crippen LogP contribution >= 0.6 is 23.2 Å². The largest absolute Gasteiger partial charge is 0.282 e. The number of rotatable bonds is 3. The fourth-order valence-corrected chi connectivity index (χ4v) is 3.25. The van der Waals surface area contributed by atoms with Crippen molar-refractivity contribution in [3.8, 4) is 0 Å². The van der Waals surface area contributed by atoms with E-state index in [4.69, 9.17) is 23.2 Å². The third kappa shape index (κ3) is 4.01. The second-order valence-electron chi connectivity index (χ2n) is 6.35. The number of aromatic nitrogens is 2. The van der Waals surface area contributed by atoms with E-state index >= 15 is 0 Å². The molecule has 0 fully saturated rings. The van der Waals surface area contributed by atoms with Crippen molar-refractivity contribution >= 4 is 45.6 Å². The first-order valence-corrected chi connectivity index (χ1v) is 9.79. The Morgan fingerprint density at radius 2 is 1.57 bits per heavy atom. The molecule has 0 saturated heterocycles. The van der Waals surface area contributed by atoms with Crippen molar-refractivity contribution in [2.24, 2.45) is 15.3 Å². The summed E-state index contributed by atoms with van der Waals surface area (Å²) in [6, 6.07) is 21.2. The van der Waals surface area contributed by atoms with Crippen molar-refractivity contribution in [2.45, 2.75) is 6.92 Å². The molecule has 0 bridgehead atoms. The van der Waals surface area contributed by atoms with E-state index in [1.165, 1.54) is 4.68 Å². The summed E-state index contributed by atoms with van der Waals surface area (Å²) in [5, 5.41) is 14.2. The molecule has 1 heterocycles. The Balaban J connectivity index is 1.92. The van der Waals surface area contributed by atoms with Crippen molar-refractivity contribution in [2.75, 3.05) is 0 Å². The zero-order chi connectivity index (χ0) is 21.1. The predicted molar refractivity (Wildman–Crippen MR) is 120 cm³/mol. The van der Waals surface area contributed by atoms with Crippen LogP contribution in [0, 0.1) is 6.92 Å². The Morgan fingerprint density at radius 3 is 2.33 bits per heavy atom. The van der Waals surface area contributed by atoms with Gasteiger partial charge in [-0.15, -0.1) is 15.3 Å². The van der Waals surface area contributed by atoms with Gasteiger partial charge in [0.05, 0.1) is 20.9 Å². The number of nitrogens with zero attached hydrogens (tertiary/aromatic N) is 5. The Kier molecular flexibility index (Phi) is 5.70. The second-order valence-corrected chi connectivity index (χ2v) is 7.16. The summed E-state index contributed by atoms with van der Waals surface area (Å²) in [6.45, 7) is 1.70. The van der Waals surface area contributed by atoms with Gasteiger partial charge in [-0.1, -0.05) is 59.6 Å². The maximum absolute atomic E-state index is 13.0. The standard InChI is InChI=1S/C22H15Cl2N5O/c1-14-25-19-12-6-3-9-16(19)22(30)29(14)28-21(15-8-2-4-10-17(15)23)27-26-20-13-7-5-11-18(20)24/h2-13H,1H3/b27-26?,28-21+. The lowest BCUT2D eigenvalue weighted by atomic mass is 10.2. The quantitative estimate of drug-likeness (QED) is 0.224. The molecule has 4 rings (SSSR count). The zero-order valence-electron chi connectivity index (χ0n) is 15.8. The smallest absolute Gasteiger partial charge is 0.267 e. The van der Waals surface area contributed by atoms with Gasteiger partial charge in [-0.25, -0.2) is 4.98 Å². The van der Waals surface area contributed by atoms with Crippen LogP contribution in [-0.2, 0) is 0 Å².